The Morgan fingerprint density at radius 2 is 1.62 bits per heavy atom. The lowest BCUT2D eigenvalue weighted by Gasteiger charge is -2.29. The first-order valence-electron chi connectivity index (χ1n) is 15.4. The minimum absolute atomic E-state index is 0.0687. The molecule has 0 spiro atoms. The van der Waals surface area contributed by atoms with E-state index in [0.717, 1.165) is 27.8 Å². The first kappa shape index (κ1) is 32.4. The summed E-state index contributed by atoms with van der Waals surface area (Å²) in [4.78, 5) is 28.2. The van der Waals surface area contributed by atoms with Gasteiger partial charge in [-0.25, -0.2) is 17.5 Å². The number of nitrogens with one attached hydrogen (secondary N) is 3. The third-order valence-corrected chi connectivity index (χ3v) is 9.81. The molecule has 8 nitrogen and oxygen atoms in total. The quantitative estimate of drug-likeness (QED) is 0.158. The summed E-state index contributed by atoms with van der Waals surface area (Å²) in [5, 5.41) is 3.89. The van der Waals surface area contributed by atoms with Gasteiger partial charge in [0.2, 0.25) is 15.9 Å². The minimum Gasteiger partial charge on any atom is -0.461 e. The van der Waals surface area contributed by atoms with E-state index in [2.05, 4.69) is 15.0 Å². The number of sulfonamides is 1. The van der Waals surface area contributed by atoms with E-state index in [4.69, 9.17) is 4.74 Å². The number of amides is 1. The molecule has 1 aromatic heterocycles. The molecule has 238 valence electrons. The minimum atomic E-state index is -3.77. The Hall–Kier alpha value is -4.02. The molecule has 10 heteroatoms. The van der Waals surface area contributed by atoms with Gasteiger partial charge in [-0.05, 0) is 85.5 Å². The van der Waals surface area contributed by atoms with Crippen LogP contribution < -0.4 is 10.0 Å². The van der Waals surface area contributed by atoms with Crippen LogP contribution in [-0.2, 0) is 31.0 Å². The largest absolute Gasteiger partial charge is 0.461 e. The number of H-pyrrole nitrogens is 1. The predicted molar refractivity (Wildman–Crippen MR) is 172 cm³/mol. The van der Waals surface area contributed by atoms with Gasteiger partial charge >= 0.3 is 5.97 Å². The maximum atomic E-state index is 13.3. The topological polar surface area (TPSA) is 117 Å². The van der Waals surface area contributed by atoms with Crippen molar-refractivity contribution in [3.63, 3.8) is 0 Å². The molecule has 0 saturated heterocycles. The van der Waals surface area contributed by atoms with E-state index < -0.39 is 10.0 Å². The zero-order chi connectivity index (χ0) is 32.1. The molecule has 1 fully saturated rings. The Kier molecular flexibility index (Phi) is 10.0. The number of aromatic amines is 1. The van der Waals surface area contributed by atoms with Gasteiger partial charge in [-0.2, -0.15) is 0 Å². The monoisotopic (exact) mass is 633 g/mol. The van der Waals surface area contributed by atoms with E-state index in [1.54, 1.807) is 30.3 Å². The second-order valence-corrected chi connectivity index (χ2v) is 14.1. The van der Waals surface area contributed by atoms with Crippen LogP contribution in [0.5, 0.6) is 0 Å². The van der Waals surface area contributed by atoms with Gasteiger partial charge in [0.1, 0.15) is 12.4 Å². The highest BCUT2D eigenvalue weighted by Gasteiger charge is 2.30. The summed E-state index contributed by atoms with van der Waals surface area (Å²) >= 11 is 0. The van der Waals surface area contributed by atoms with Gasteiger partial charge in [-0.3, -0.25) is 9.59 Å². The summed E-state index contributed by atoms with van der Waals surface area (Å²) < 4.78 is 48.0. The maximum Gasteiger partial charge on any atom is 0.306 e. The van der Waals surface area contributed by atoms with Crippen LogP contribution in [0.25, 0.3) is 22.2 Å². The fourth-order valence-electron chi connectivity index (χ4n) is 5.69. The molecule has 1 aliphatic carbocycles. The van der Waals surface area contributed by atoms with Crippen LogP contribution in [0.1, 0.15) is 70.0 Å². The van der Waals surface area contributed by atoms with Crippen LogP contribution in [0.3, 0.4) is 0 Å². The van der Waals surface area contributed by atoms with Gasteiger partial charge in [0, 0.05) is 35.0 Å². The third kappa shape index (κ3) is 8.38. The molecule has 1 heterocycles. The molecule has 1 saturated carbocycles. The zero-order valence-corrected chi connectivity index (χ0v) is 26.6. The van der Waals surface area contributed by atoms with Gasteiger partial charge in [0.05, 0.1) is 10.9 Å². The highest BCUT2D eigenvalue weighted by molar-refractivity contribution is 7.89. The average molecular weight is 634 g/mol. The van der Waals surface area contributed by atoms with E-state index in [0.29, 0.717) is 37.6 Å². The van der Waals surface area contributed by atoms with Gasteiger partial charge in [-0.1, -0.05) is 56.3 Å². The summed E-state index contributed by atoms with van der Waals surface area (Å²) in [5.74, 6) is -0.553. The molecule has 1 aliphatic rings. The molecule has 1 atom stereocenters. The Morgan fingerprint density at radius 1 is 0.933 bits per heavy atom. The summed E-state index contributed by atoms with van der Waals surface area (Å²) in [6.45, 7) is 6.03. The standard InChI is InChI=1S/C35H40FN3O5S/c1-22(2)18-34(40)44-21-24-4-6-26(7-5-24)32-19-28-12-17-31(20-33(28)38-32)45(42,43)39-30-15-10-27(11-16-30)35(41)37-23(3)25-8-13-29(36)14-9-25/h4-9,12-14,17,19-20,22-23,27,30,38-39H,10-11,15-16,18,21H2,1-3H3,(H,37,41). The smallest absolute Gasteiger partial charge is 0.306 e. The molecule has 0 aliphatic heterocycles. The summed E-state index contributed by atoms with van der Waals surface area (Å²) in [6, 6.07) is 20.3. The number of hydrogen-bond donors (Lipinski definition) is 3. The van der Waals surface area contributed by atoms with Crippen LogP contribution >= 0.6 is 0 Å². The number of esters is 1. The van der Waals surface area contributed by atoms with Crippen molar-refractivity contribution in [2.75, 3.05) is 0 Å². The van der Waals surface area contributed by atoms with Crippen LogP contribution in [0.2, 0.25) is 0 Å². The number of ether oxygens (including phenoxy) is 1. The number of aromatic nitrogens is 1. The lowest BCUT2D eigenvalue weighted by atomic mass is 9.85. The highest BCUT2D eigenvalue weighted by Crippen LogP contribution is 2.29. The van der Waals surface area contributed by atoms with Gasteiger partial charge < -0.3 is 15.0 Å². The van der Waals surface area contributed by atoms with Crippen molar-refractivity contribution in [3.05, 3.63) is 89.7 Å². The lowest BCUT2D eigenvalue weighted by Crippen LogP contribution is -2.41. The zero-order valence-electron chi connectivity index (χ0n) is 25.8. The Morgan fingerprint density at radius 3 is 2.29 bits per heavy atom. The number of rotatable bonds is 11. The van der Waals surface area contributed by atoms with Crippen LogP contribution in [0.15, 0.2) is 77.7 Å². The van der Waals surface area contributed by atoms with Crippen molar-refractivity contribution in [1.82, 2.24) is 15.0 Å². The average Bonchev–Trinajstić information content (AvgIpc) is 3.44. The fraction of sp³-hybridized carbons (Fsp3) is 0.371. The van der Waals surface area contributed by atoms with Crippen molar-refractivity contribution < 1.29 is 27.1 Å². The molecule has 4 aromatic rings. The van der Waals surface area contributed by atoms with Gasteiger partial charge in [0.15, 0.2) is 0 Å². The highest BCUT2D eigenvalue weighted by atomic mass is 32.2. The number of halogens is 1. The molecule has 3 aromatic carbocycles. The number of fused-ring (bicyclic) bond motifs is 1. The van der Waals surface area contributed by atoms with Crippen molar-refractivity contribution in [3.8, 4) is 11.3 Å². The van der Waals surface area contributed by atoms with E-state index in [1.807, 2.05) is 51.1 Å². The van der Waals surface area contributed by atoms with Gasteiger partial charge in [-0.15, -0.1) is 0 Å². The van der Waals surface area contributed by atoms with E-state index in [-0.39, 0.29) is 53.1 Å². The summed E-state index contributed by atoms with van der Waals surface area (Å²) in [5.41, 5.74) is 4.20. The first-order chi connectivity index (χ1) is 21.5. The Labute approximate surface area is 263 Å². The third-order valence-electron chi connectivity index (χ3n) is 8.29. The molecular weight excluding hydrogens is 593 g/mol. The molecular formula is C35H40FN3O5S. The second kappa shape index (κ2) is 14.0. The molecule has 3 N–H and O–H groups in total. The SMILES string of the molecule is CC(C)CC(=O)OCc1ccc(-c2cc3ccc(S(=O)(=O)NC4CCC(C(=O)NC(C)c5ccc(F)cc5)CC4)cc3[nH]2)cc1. The van der Waals surface area contributed by atoms with Crippen molar-refractivity contribution in [2.24, 2.45) is 11.8 Å². The second-order valence-electron chi connectivity index (χ2n) is 12.3. The number of hydrogen-bond acceptors (Lipinski definition) is 5. The van der Waals surface area contributed by atoms with Crippen LogP contribution in [0, 0.1) is 17.7 Å². The van der Waals surface area contributed by atoms with E-state index in [1.165, 1.54) is 12.1 Å². The maximum absolute atomic E-state index is 13.3. The van der Waals surface area contributed by atoms with E-state index in [9.17, 15) is 22.4 Å². The first-order valence-corrected chi connectivity index (χ1v) is 16.9. The molecule has 0 radical (unpaired) electrons. The Balaban J connectivity index is 1.16. The van der Waals surface area contributed by atoms with Crippen LogP contribution in [-0.4, -0.2) is 31.3 Å². The van der Waals surface area contributed by atoms with Crippen LogP contribution in [0.4, 0.5) is 4.39 Å². The fourth-order valence-corrected chi connectivity index (χ4v) is 7.02. The lowest BCUT2D eigenvalue weighted by molar-refractivity contribution is -0.145. The normalized spacial score (nSPS) is 17.7. The summed E-state index contributed by atoms with van der Waals surface area (Å²) in [6.07, 6.45) is 2.66. The van der Waals surface area contributed by atoms with Crippen molar-refractivity contribution in [1.29, 1.82) is 0 Å². The Bertz CT molecular complexity index is 1740. The molecule has 1 unspecified atom stereocenters. The van der Waals surface area contributed by atoms with Gasteiger partial charge in [0.25, 0.3) is 0 Å². The number of benzene rings is 3. The van der Waals surface area contributed by atoms with Crippen molar-refractivity contribution >= 4 is 32.8 Å². The van der Waals surface area contributed by atoms with Crippen molar-refractivity contribution in [2.45, 2.75) is 76.5 Å². The molecule has 1 amide bonds. The summed E-state index contributed by atoms with van der Waals surface area (Å²) in [7, 11) is -3.77. The number of carbonyl (C=O) groups excluding carboxylic acids is 2. The number of carbonyl (C=O) groups is 2. The molecule has 45 heavy (non-hydrogen) atoms. The molecule has 0 bridgehead atoms. The molecule has 5 rings (SSSR count). The van der Waals surface area contributed by atoms with E-state index >= 15 is 0 Å². The predicted octanol–water partition coefficient (Wildman–Crippen LogP) is 6.78.